The zero-order valence-corrected chi connectivity index (χ0v) is 29.6. The summed E-state index contributed by atoms with van der Waals surface area (Å²) in [4.78, 5) is 0. The third-order valence-corrected chi connectivity index (χ3v) is 11.4. The molecule has 0 saturated carbocycles. The fraction of sp³-hybridized carbons (Fsp3) is 0. The smallest absolute Gasteiger partial charge is 0.00137 e. The van der Waals surface area contributed by atoms with Gasteiger partial charge in [-0.2, -0.15) is 0 Å². The topological polar surface area (TPSA) is 0 Å². The van der Waals surface area contributed by atoms with Crippen molar-refractivity contribution in [2.45, 2.75) is 0 Å². The summed E-state index contributed by atoms with van der Waals surface area (Å²) in [6.07, 6.45) is 0. The van der Waals surface area contributed by atoms with Crippen molar-refractivity contribution in [2.75, 3.05) is 0 Å². The van der Waals surface area contributed by atoms with Crippen molar-refractivity contribution in [2.24, 2.45) is 0 Å². The lowest BCUT2D eigenvalue weighted by molar-refractivity contribution is 1.58. The zero-order chi connectivity index (χ0) is 35.6. The molecule has 0 heteroatoms. The molecule has 0 bridgehead atoms. The van der Waals surface area contributed by atoms with Gasteiger partial charge < -0.3 is 0 Å². The minimum Gasteiger partial charge on any atom is -0.0622 e. The highest BCUT2D eigenvalue weighted by molar-refractivity contribution is 6.41. The molecule has 0 atom stereocenters. The number of fused-ring (bicyclic) bond motifs is 4. The molecular weight excluding hydrogens is 649 g/mol. The minimum atomic E-state index is 1.22. The van der Waals surface area contributed by atoms with Crippen molar-refractivity contribution in [3.05, 3.63) is 206 Å². The van der Waals surface area contributed by atoms with Crippen LogP contribution in [0.2, 0.25) is 0 Å². The van der Waals surface area contributed by atoms with Crippen molar-refractivity contribution in [3.63, 3.8) is 0 Å². The van der Waals surface area contributed by atoms with E-state index in [2.05, 4.69) is 206 Å². The van der Waals surface area contributed by atoms with Crippen molar-refractivity contribution in [1.82, 2.24) is 0 Å². The maximum atomic E-state index is 2.39. The van der Waals surface area contributed by atoms with Crippen LogP contribution in [0, 0.1) is 0 Å². The zero-order valence-electron chi connectivity index (χ0n) is 29.6. The van der Waals surface area contributed by atoms with Gasteiger partial charge in [0.2, 0.25) is 0 Å². The summed E-state index contributed by atoms with van der Waals surface area (Å²) < 4.78 is 0. The maximum Gasteiger partial charge on any atom is -0.00137 e. The van der Waals surface area contributed by atoms with Crippen molar-refractivity contribution in [1.29, 1.82) is 0 Å². The molecule has 0 fully saturated rings. The molecule has 0 N–H and O–H groups in total. The molecule has 11 aromatic carbocycles. The molecule has 0 aliphatic heterocycles. The van der Waals surface area contributed by atoms with Crippen LogP contribution < -0.4 is 0 Å². The van der Waals surface area contributed by atoms with Gasteiger partial charge in [-0.3, -0.25) is 0 Å². The average molecular weight is 683 g/mol. The van der Waals surface area contributed by atoms with E-state index >= 15 is 0 Å². The van der Waals surface area contributed by atoms with Gasteiger partial charge in [-0.05, 0) is 116 Å². The van der Waals surface area contributed by atoms with Gasteiger partial charge in [0.15, 0.2) is 0 Å². The van der Waals surface area contributed by atoms with Crippen LogP contribution in [0.5, 0.6) is 0 Å². The Morgan fingerprint density at radius 2 is 0.667 bits per heavy atom. The van der Waals surface area contributed by atoms with Crippen LogP contribution in [0.3, 0.4) is 0 Å². The molecule has 250 valence electrons. The van der Waals surface area contributed by atoms with Crippen LogP contribution in [0.1, 0.15) is 0 Å². The summed E-state index contributed by atoms with van der Waals surface area (Å²) in [7, 11) is 0. The van der Waals surface area contributed by atoms with Gasteiger partial charge in [0.25, 0.3) is 0 Å². The van der Waals surface area contributed by atoms with E-state index in [0.717, 1.165) is 0 Å². The van der Waals surface area contributed by atoms with Gasteiger partial charge in [0.05, 0.1) is 0 Å². The predicted octanol–water partition coefficient (Wildman–Crippen LogP) is 15.2. The number of hydrogen-bond donors (Lipinski definition) is 0. The van der Waals surface area contributed by atoms with Crippen LogP contribution in [-0.2, 0) is 0 Å². The van der Waals surface area contributed by atoms with Crippen molar-refractivity contribution >= 4 is 53.9 Å². The lowest BCUT2D eigenvalue weighted by atomic mass is 9.80. The third kappa shape index (κ3) is 4.64. The largest absolute Gasteiger partial charge is 0.0622 e. The molecule has 11 rings (SSSR count). The second-order valence-electron chi connectivity index (χ2n) is 14.3. The minimum absolute atomic E-state index is 1.22. The van der Waals surface area contributed by atoms with Gasteiger partial charge in [-0.15, -0.1) is 0 Å². The first-order valence-electron chi connectivity index (χ1n) is 18.8. The van der Waals surface area contributed by atoms with E-state index in [9.17, 15) is 0 Å². The summed E-state index contributed by atoms with van der Waals surface area (Å²) in [5, 5.41) is 13.0. The van der Waals surface area contributed by atoms with E-state index in [1.54, 1.807) is 0 Å². The first-order valence-corrected chi connectivity index (χ1v) is 18.8. The third-order valence-electron chi connectivity index (χ3n) is 11.4. The molecule has 0 radical (unpaired) electrons. The summed E-state index contributed by atoms with van der Waals surface area (Å²) in [5.74, 6) is 0. The Morgan fingerprint density at radius 3 is 1.39 bits per heavy atom. The Bertz CT molecular complexity index is 3170. The highest BCUT2D eigenvalue weighted by Crippen LogP contribution is 2.51. The second kappa shape index (κ2) is 12.3. The van der Waals surface area contributed by atoms with E-state index in [1.807, 2.05) is 0 Å². The maximum absolute atomic E-state index is 2.39. The fourth-order valence-corrected chi connectivity index (χ4v) is 9.11. The van der Waals surface area contributed by atoms with E-state index in [1.165, 1.54) is 109 Å². The van der Waals surface area contributed by atoms with E-state index in [4.69, 9.17) is 0 Å². The normalized spacial score (nSPS) is 11.7. The van der Waals surface area contributed by atoms with Crippen molar-refractivity contribution < 1.29 is 0 Å². The quantitative estimate of drug-likeness (QED) is 0.125. The standard InChI is InChI=1S/C54H34/c1-4-16-35(17-5-1)38-30-31-47(50(34-38)37-20-8-3-9-21-37)52-43-24-12-13-25-45(43)54-49-33-32-41(40-23-11-10-22-39(40)36-18-6-2-7-19-36)42-26-14-27-44(51(42)49)46-28-15-29-48(52)53(46)54/h1-34H. The van der Waals surface area contributed by atoms with Gasteiger partial charge in [-0.25, -0.2) is 0 Å². The summed E-state index contributed by atoms with van der Waals surface area (Å²) >= 11 is 0. The fourth-order valence-electron chi connectivity index (χ4n) is 9.11. The Labute approximate surface area is 314 Å². The Morgan fingerprint density at radius 1 is 0.185 bits per heavy atom. The van der Waals surface area contributed by atoms with E-state index < -0.39 is 0 Å². The van der Waals surface area contributed by atoms with Gasteiger partial charge in [0.1, 0.15) is 0 Å². The SMILES string of the molecule is c1ccc(-c2ccc(-c3c4ccccc4c4c5ccc(-c6ccccc6-c6ccccc6)c6cccc(c7cccc3c74)c65)c(-c3ccccc3)c2)cc1. The van der Waals surface area contributed by atoms with E-state index in [-0.39, 0.29) is 0 Å². The Kier molecular flexibility index (Phi) is 6.97. The molecule has 0 aliphatic carbocycles. The first-order chi connectivity index (χ1) is 26.8. The summed E-state index contributed by atoms with van der Waals surface area (Å²) in [5.41, 5.74) is 12.4. The second-order valence-corrected chi connectivity index (χ2v) is 14.3. The summed E-state index contributed by atoms with van der Waals surface area (Å²) in [6.45, 7) is 0. The number of benzene rings is 11. The molecule has 0 heterocycles. The molecule has 11 aromatic rings. The lowest BCUT2D eigenvalue weighted by Gasteiger charge is -2.22. The first kappa shape index (κ1) is 30.6. The van der Waals surface area contributed by atoms with Gasteiger partial charge in [-0.1, -0.05) is 200 Å². The van der Waals surface area contributed by atoms with Crippen LogP contribution in [0.4, 0.5) is 0 Å². The Balaban J connectivity index is 1.25. The molecule has 0 nitrogen and oxygen atoms in total. The highest BCUT2D eigenvalue weighted by atomic mass is 14.3. The lowest BCUT2D eigenvalue weighted by Crippen LogP contribution is -1.95. The predicted molar refractivity (Wildman–Crippen MR) is 232 cm³/mol. The molecule has 0 saturated heterocycles. The number of rotatable bonds is 5. The van der Waals surface area contributed by atoms with Crippen LogP contribution in [0.25, 0.3) is 109 Å². The molecule has 54 heavy (non-hydrogen) atoms. The van der Waals surface area contributed by atoms with Crippen LogP contribution in [0.15, 0.2) is 206 Å². The molecule has 0 spiro atoms. The van der Waals surface area contributed by atoms with Gasteiger partial charge in [0, 0.05) is 0 Å². The van der Waals surface area contributed by atoms with Crippen LogP contribution >= 0.6 is 0 Å². The molecule has 0 unspecified atom stereocenters. The molecular formula is C54H34. The highest BCUT2D eigenvalue weighted by Gasteiger charge is 2.23. The average Bonchev–Trinajstić information content (AvgIpc) is 3.25. The van der Waals surface area contributed by atoms with E-state index in [0.29, 0.717) is 0 Å². The number of hydrogen-bond acceptors (Lipinski definition) is 0. The Hall–Kier alpha value is -7.02. The molecule has 0 amide bonds. The van der Waals surface area contributed by atoms with Crippen LogP contribution in [-0.4, -0.2) is 0 Å². The molecule has 0 aromatic heterocycles. The van der Waals surface area contributed by atoms with Gasteiger partial charge >= 0.3 is 0 Å². The summed E-state index contributed by atoms with van der Waals surface area (Å²) in [6, 6.07) is 75.9. The molecule has 0 aliphatic rings. The van der Waals surface area contributed by atoms with Crippen molar-refractivity contribution in [3.8, 4) is 55.6 Å². The monoisotopic (exact) mass is 682 g/mol.